The number of aliphatic hydroxyl groups is 1. The fourth-order valence-corrected chi connectivity index (χ4v) is 4.37. The average Bonchev–Trinajstić information content (AvgIpc) is 3.59. The molecule has 2 aliphatic rings. The monoisotopic (exact) mass is 452 g/mol. The zero-order valence-corrected chi connectivity index (χ0v) is 18.2. The number of fused-ring (bicyclic) bond motifs is 3. The van der Waals surface area contributed by atoms with Gasteiger partial charge >= 0.3 is 12.1 Å². The first kappa shape index (κ1) is 22.8. The molecule has 8 heteroatoms. The van der Waals surface area contributed by atoms with Crippen molar-refractivity contribution in [2.24, 2.45) is 11.8 Å². The van der Waals surface area contributed by atoms with Crippen LogP contribution >= 0.6 is 0 Å². The van der Waals surface area contributed by atoms with Gasteiger partial charge in [0, 0.05) is 12.5 Å². The molecular formula is C25H28N2O6. The molecule has 1 saturated carbocycles. The molecule has 0 radical (unpaired) electrons. The van der Waals surface area contributed by atoms with Crippen LogP contribution in [0.15, 0.2) is 48.5 Å². The van der Waals surface area contributed by atoms with Gasteiger partial charge in [0.25, 0.3) is 0 Å². The number of carbonyl (C=O) groups excluding carboxylic acids is 2. The molecule has 0 saturated heterocycles. The van der Waals surface area contributed by atoms with Crippen molar-refractivity contribution in [2.45, 2.75) is 31.2 Å². The molecule has 2 aromatic carbocycles. The minimum Gasteiger partial charge on any atom is -0.480 e. The minimum absolute atomic E-state index is 0.0385. The molecule has 2 atom stereocenters. The fourth-order valence-electron chi connectivity index (χ4n) is 4.37. The summed E-state index contributed by atoms with van der Waals surface area (Å²) >= 11 is 0. The molecule has 0 bridgehead atoms. The van der Waals surface area contributed by atoms with Gasteiger partial charge in [0.05, 0.1) is 12.5 Å². The highest BCUT2D eigenvalue weighted by Gasteiger charge is 2.32. The van der Waals surface area contributed by atoms with Crippen molar-refractivity contribution in [3.05, 3.63) is 59.7 Å². The maximum atomic E-state index is 12.6. The van der Waals surface area contributed by atoms with Crippen LogP contribution in [0.5, 0.6) is 0 Å². The third kappa shape index (κ3) is 5.34. The molecule has 0 spiro atoms. The molecule has 2 aromatic rings. The van der Waals surface area contributed by atoms with Crippen LogP contribution in [0.2, 0.25) is 0 Å². The Balaban J connectivity index is 1.34. The molecule has 2 amide bonds. The number of carboxylic acid groups (broad SMARTS) is 1. The molecule has 4 rings (SSSR count). The molecule has 0 heterocycles. The first-order valence-electron chi connectivity index (χ1n) is 11.2. The fraction of sp³-hybridized carbons (Fsp3) is 0.400. The quantitative estimate of drug-likeness (QED) is 0.439. The number of aliphatic carboxylic acids is 1. The summed E-state index contributed by atoms with van der Waals surface area (Å²) in [6, 6.07) is 14.7. The number of amides is 2. The predicted octanol–water partition coefficient (Wildman–Crippen LogP) is 2.50. The predicted molar refractivity (Wildman–Crippen MR) is 121 cm³/mol. The second kappa shape index (κ2) is 10.0. The van der Waals surface area contributed by atoms with Gasteiger partial charge in [0.15, 0.2) is 0 Å². The van der Waals surface area contributed by atoms with E-state index in [1.807, 2.05) is 36.4 Å². The summed E-state index contributed by atoms with van der Waals surface area (Å²) in [4.78, 5) is 36.1. The zero-order valence-electron chi connectivity index (χ0n) is 18.2. The van der Waals surface area contributed by atoms with E-state index in [4.69, 9.17) is 14.9 Å². The van der Waals surface area contributed by atoms with E-state index in [-0.39, 0.29) is 19.1 Å². The van der Waals surface area contributed by atoms with Gasteiger partial charge in [-0.25, -0.2) is 9.59 Å². The lowest BCUT2D eigenvalue weighted by atomic mass is 9.98. The number of nitrogens with one attached hydrogen (secondary N) is 2. The summed E-state index contributed by atoms with van der Waals surface area (Å²) in [5.74, 6) is -2.06. The van der Waals surface area contributed by atoms with Crippen LogP contribution in [-0.2, 0) is 14.3 Å². The number of carbonyl (C=O) groups is 3. The summed E-state index contributed by atoms with van der Waals surface area (Å²) in [7, 11) is 0. The standard InChI is InChI=1S/C25H28N2O6/c28-13-22(24(30)31)27-23(29)16(11-15-9-10-15)12-26-25(32)33-14-21-19-7-3-1-5-17(19)18-6-2-4-8-20(18)21/h1-8,15-16,21-22,28H,9-14H2,(H,26,32)(H,27,29)(H,30,31)/t16?,22-/m0/s1. The van der Waals surface area contributed by atoms with Crippen LogP contribution in [0.3, 0.4) is 0 Å². The Bertz CT molecular complexity index is 990. The maximum Gasteiger partial charge on any atom is 0.407 e. The smallest absolute Gasteiger partial charge is 0.407 e. The maximum absolute atomic E-state index is 12.6. The van der Waals surface area contributed by atoms with E-state index >= 15 is 0 Å². The van der Waals surface area contributed by atoms with Gasteiger partial charge in [-0.15, -0.1) is 0 Å². The largest absolute Gasteiger partial charge is 0.480 e. The van der Waals surface area contributed by atoms with Crippen LogP contribution in [0.4, 0.5) is 4.79 Å². The number of hydrogen-bond acceptors (Lipinski definition) is 5. The van der Waals surface area contributed by atoms with Gasteiger partial charge in [-0.2, -0.15) is 0 Å². The van der Waals surface area contributed by atoms with E-state index in [1.165, 1.54) is 0 Å². The van der Waals surface area contributed by atoms with Crippen LogP contribution in [0, 0.1) is 11.8 Å². The molecule has 8 nitrogen and oxygen atoms in total. The van der Waals surface area contributed by atoms with Gasteiger partial charge in [0.2, 0.25) is 5.91 Å². The summed E-state index contributed by atoms with van der Waals surface area (Å²) in [6.07, 6.45) is 1.95. The summed E-state index contributed by atoms with van der Waals surface area (Å²) < 4.78 is 5.52. The molecule has 4 N–H and O–H groups in total. The second-order valence-electron chi connectivity index (χ2n) is 8.66. The summed E-state index contributed by atoms with van der Waals surface area (Å²) in [5.41, 5.74) is 4.50. The van der Waals surface area contributed by atoms with E-state index < -0.39 is 36.5 Å². The Morgan fingerprint density at radius 2 is 1.61 bits per heavy atom. The molecule has 1 fully saturated rings. The first-order chi connectivity index (χ1) is 16.0. The van der Waals surface area contributed by atoms with Gasteiger partial charge in [-0.1, -0.05) is 61.4 Å². The Labute approximate surface area is 192 Å². The van der Waals surface area contributed by atoms with Gasteiger partial charge in [0.1, 0.15) is 12.6 Å². The molecule has 0 aliphatic heterocycles. The Hall–Kier alpha value is -3.39. The number of hydrogen-bond donors (Lipinski definition) is 4. The first-order valence-corrected chi connectivity index (χ1v) is 11.2. The molecule has 2 aliphatic carbocycles. The van der Waals surface area contributed by atoms with E-state index in [1.54, 1.807) is 0 Å². The minimum atomic E-state index is -1.37. The van der Waals surface area contributed by atoms with Crippen molar-refractivity contribution < 1.29 is 29.3 Å². The van der Waals surface area contributed by atoms with Crippen molar-refractivity contribution in [1.29, 1.82) is 0 Å². The van der Waals surface area contributed by atoms with Crippen LogP contribution < -0.4 is 10.6 Å². The lowest BCUT2D eigenvalue weighted by molar-refractivity contribution is -0.143. The summed E-state index contributed by atoms with van der Waals surface area (Å²) in [5, 5.41) is 23.2. The van der Waals surface area contributed by atoms with E-state index in [0.29, 0.717) is 12.3 Å². The third-order valence-electron chi connectivity index (χ3n) is 6.32. The van der Waals surface area contributed by atoms with Crippen molar-refractivity contribution in [3.8, 4) is 11.1 Å². The van der Waals surface area contributed by atoms with Crippen molar-refractivity contribution in [3.63, 3.8) is 0 Å². The number of ether oxygens (including phenoxy) is 1. The highest BCUT2D eigenvalue weighted by molar-refractivity contribution is 5.85. The van der Waals surface area contributed by atoms with Gasteiger partial charge in [-0.05, 0) is 34.6 Å². The van der Waals surface area contributed by atoms with Crippen LogP contribution in [-0.4, -0.2) is 54.0 Å². The van der Waals surface area contributed by atoms with E-state index in [9.17, 15) is 14.4 Å². The molecule has 0 aromatic heterocycles. The molecular weight excluding hydrogens is 424 g/mol. The average molecular weight is 453 g/mol. The second-order valence-corrected chi connectivity index (χ2v) is 8.66. The summed E-state index contributed by atoms with van der Waals surface area (Å²) in [6.45, 7) is -0.487. The SMILES string of the molecule is O=C(NCC(CC1CC1)C(=O)N[C@@H](CO)C(=O)O)OCC1c2ccccc2-c2ccccc21. The normalized spacial score (nSPS) is 16.3. The van der Waals surface area contributed by atoms with Crippen molar-refractivity contribution in [1.82, 2.24) is 10.6 Å². The Morgan fingerprint density at radius 3 is 2.15 bits per heavy atom. The van der Waals surface area contributed by atoms with E-state index in [2.05, 4.69) is 22.8 Å². The number of carboxylic acids is 1. The van der Waals surface area contributed by atoms with Crippen LogP contribution in [0.25, 0.3) is 11.1 Å². The van der Waals surface area contributed by atoms with Gasteiger partial charge in [-0.3, -0.25) is 4.79 Å². The molecule has 33 heavy (non-hydrogen) atoms. The van der Waals surface area contributed by atoms with Crippen molar-refractivity contribution >= 4 is 18.0 Å². The molecule has 1 unspecified atom stereocenters. The number of benzene rings is 2. The lowest BCUT2D eigenvalue weighted by Crippen LogP contribution is -2.48. The van der Waals surface area contributed by atoms with Crippen molar-refractivity contribution in [2.75, 3.05) is 19.8 Å². The third-order valence-corrected chi connectivity index (χ3v) is 6.32. The molecule has 174 valence electrons. The lowest BCUT2D eigenvalue weighted by Gasteiger charge is -2.20. The number of alkyl carbamates (subject to hydrolysis) is 1. The highest BCUT2D eigenvalue weighted by atomic mass is 16.5. The Kier molecular flexibility index (Phi) is 6.93. The highest BCUT2D eigenvalue weighted by Crippen LogP contribution is 2.44. The number of aliphatic hydroxyl groups excluding tert-OH is 1. The number of rotatable bonds is 10. The van der Waals surface area contributed by atoms with Gasteiger partial charge < -0.3 is 25.6 Å². The van der Waals surface area contributed by atoms with Crippen LogP contribution in [0.1, 0.15) is 36.3 Å². The van der Waals surface area contributed by atoms with E-state index in [0.717, 1.165) is 35.1 Å². The Morgan fingerprint density at radius 1 is 1.00 bits per heavy atom. The topological polar surface area (TPSA) is 125 Å². The zero-order chi connectivity index (χ0) is 23.4.